The summed E-state index contributed by atoms with van der Waals surface area (Å²) < 4.78 is 11.0. The van der Waals surface area contributed by atoms with Crippen molar-refractivity contribution in [2.75, 3.05) is 6.61 Å². The zero-order valence-corrected chi connectivity index (χ0v) is 16.2. The van der Waals surface area contributed by atoms with E-state index in [0.29, 0.717) is 23.1 Å². The first-order valence-electron chi connectivity index (χ1n) is 10.1. The topological polar surface area (TPSA) is 52.6 Å². The minimum Gasteiger partial charge on any atom is -0.457 e. The summed E-state index contributed by atoms with van der Waals surface area (Å²) in [5.41, 5.74) is 0.417. The van der Waals surface area contributed by atoms with Gasteiger partial charge in [-0.3, -0.25) is 4.79 Å². The first kappa shape index (κ1) is 18.7. The maximum absolute atomic E-state index is 12.5. The van der Waals surface area contributed by atoms with Gasteiger partial charge in [0, 0.05) is 5.92 Å². The molecule has 2 saturated carbocycles. The van der Waals surface area contributed by atoms with Crippen LogP contribution in [0.3, 0.4) is 0 Å². The Balaban J connectivity index is 1.28. The second-order valence-corrected chi connectivity index (χ2v) is 8.11. The highest BCUT2D eigenvalue weighted by Crippen LogP contribution is 2.51. The second-order valence-electron chi connectivity index (χ2n) is 8.11. The largest absolute Gasteiger partial charge is 0.457 e. The van der Waals surface area contributed by atoms with E-state index < -0.39 is 5.97 Å². The Morgan fingerprint density at radius 3 is 2.32 bits per heavy atom. The van der Waals surface area contributed by atoms with Gasteiger partial charge in [0.25, 0.3) is 0 Å². The van der Waals surface area contributed by atoms with Gasteiger partial charge in [-0.2, -0.15) is 0 Å². The lowest BCUT2D eigenvalue weighted by Gasteiger charge is -2.26. The van der Waals surface area contributed by atoms with Crippen LogP contribution < -0.4 is 4.74 Å². The summed E-state index contributed by atoms with van der Waals surface area (Å²) in [5.74, 6) is 2.89. The summed E-state index contributed by atoms with van der Waals surface area (Å²) in [5, 5.41) is 0. The predicted molar refractivity (Wildman–Crippen MR) is 106 cm³/mol. The predicted octanol–water partition coefficient (Wildman–Crippen LogP) is 5.28. The van der Waals surface area contributed by atoms with Gasteiger partial charge in [0.05, 0.1) is 5.56 Å². The quantitative estimate of drug-likeness (QED) is 0.615. The molecule has 2 fully saturated rings. The number of fused-ring (bicyclic) bond motifs is 2. The molecule has 2 aromatic rings. The maximum Gasteiger partial charge on any atom is 0.338 e. The zero-order valence-electron chi connectivity index (χ0n) is 16.2. The van der Waals surface area contributed by atoms with Crippen LogP contribution in [0.1, 0.15) is 43.0 Å². The van der Waals surface area contributed by atoms with E-state index in [4.69, 9.17) is 9.47 Å². The van der Waals surface area contributed by atoms with E-state index in [0.717, 1.165) is 18.1 Å². The second kappa shape index (κ2) is 8.17. The lowest BCUT2D eigenvalue weighted by atomic mass is 9.78. The third kappa shape index (κ3) is 4.11. The van der Waals surface area contributed by atoms with Crippen molar-refractivity contribution in [2.45, 2.75) is 32.6 Å². The van der Waals surface area contributed by atoms with Gasteiger partial charge in [0.15, 0.2) is 12.4 Å². The van der Waals surface area contributed by atoms with E-state index >= 15 is 0 Å². The van der Waals surface area contributed by atoms with Gasteiger partial charge < -0.3 is 9.47 Å². The number of hydrogen-bond donors (Lipinski definition) is 0. The van der Waals surface area contributed by atoms with Crippen molar-refractivity contribution in [2.24, 2.45) is 23.7 Å². The summed E-state index contributed by atoms with van der Waals surface area (Å²) in [6.45, 7) is 1.85. The summed E-state index contributed by atoms with van der Waals surface area (Å²) in [7, 11) is 0. The van der Waals surface area contributed by atoms with Gasteiger partial charge in [-0.15, -0.1) is 0 Å². The Morgan fingerprint density at radius 2 is 1.68 bits per heavy atom. The molecule has 4 atom stereocenters. The first-order chi connectivity index (χ1) is 13.6. The summed E-state index contributed by atoms with van der Waals surface area (Å²) in [6, 6.07) is 16.2. The Bertz CT molecular complexity index is 827. The molecule has 2 bridgehead atoms. The maximum atomic E-state index is 12.5. The Labute approximate surface area is 165 Å². The number of carbonyl (C=O) groups excluding carboxylic acids is 2. The number of para-hydroxylation sites is 1. The molecule has 0 heterocycles. The molecule has 0 N–H and O–H groups in total. The van der Waals surface area contributed by atoms with Crippen LogP contribution in [0.2, 0.25) is 0 Å². The molecule has 4 rings (SSSR count). The highest BCUT2D eigenvalue weighted by molar-refractivity contribution is 5.92. The molecule has 4 heteroatoms. The lowest BCUT2D eigenvalue weighted by molar-refractivity contribution is -0.127. The normalized spacial score (nSPS) is 24.0. The molecule has 28 heavy (non-hydrogen) atoms. The van der Waals surface area contributed by atoms with Gasteiger partial charge in [0.1, 0.15) is 11.5 Å². The first-order valence-corrected chi connectivity index (χ1v) is 10.1. The van der Waals surface area contributed by atoms with Crippen molar-refractivity contribution in [1.29, 1.82) is 0 Å². The van der Waals surface area contributed by atoms with Crippen LogP contribution in [0, 0.1) is 23.7 Å². The smallest absolute Gasteiger partial charge is 0.338 e. The van der Waals surface area contributed by atoms with E-state index in [2.05, 4.69) is 0 Å². The van der Waals surface area contributed by atoms with Crippen LogP contribution in [0.4, 0.5) is 0 Å². The molecular formula is C24H26O4. The fourth-order valence-electron chi connectivity index (χ4n) is 4.78. The third-order valence-electron chi connectivity index (χ3n) is 6.36. The molecular weight excluding hydrogens is 352 g/mol. The zero-order chi connectivity index (χ0) is 19.5. The molecule has 4 unspecified atom stereocenters. The number of esters is 1. The number of rotatable bonds is 7. The molecule has 2 aliphatic rings. The van der Waals surface area contributed by atoms with Crippen molar-refractivity contribution in [3.8, 4) is 11.5 Å². The van der Waals surface area contributed by atoms with E-state index in [1.807, 2.05) is 37.3 Å². The molecule has 146 valence electrons. The van der Waals surface area contributed by atoms with Crippen LogP contribution >= 0.6 is 0 Å². The van der Waals surface area contributed by atoms with Crippen molar-refractivity contribution < 1.29 is 19.1 Å². The fraction of sp³-hybridized carbons (Fsp3) is 0.417. The minimum atomic E-state index is -0.472. The number of Topliss-reactive ketones (excluding diaryl/α,β-unsaturated/α-hetero) is 1. The number of benzene rings is 2. The van der Waals surface area contributed by atoms with Gasteiger partial charge in [-0.1, -0.05) is 31.5 Å². The van der Waals surface area contributed by atoms with Crippen molar-refractivity contribution in [1.82, 2.24) is 0 Å². The molecule has 0 aliphatic heterocycles. The van der Waals surface area contributed by atoms with Gasteiger partial charge >= 0.3 is 5.97 Å². The number of carbonyl (C=O) groups is 2. The molecule has 0 aromatic heterocycles. The lowest BCUT2D eigenvalue weighted by Crippen LogP contribution is -2.29. The van der Waals surface area contributed by atoms with E-state index in [9.17, 15) is 9.59 Å². The molecule has 0 radical (unpaired) electrons. The van der Waals surface area contributed by atoms with Gasteiger partial charge in [-0.25, -0.2) is 4.79 Å². The van der Waals surface area contributed by atoms with Crippen LogP contribution in [0.15, 0.2) is 54.6 Å². The molecule has 4 nitrogen and oxygen atoms in total. The highest BCUT2D eigenvalue weighted by Gasteiger charge is 2.43. The van der Waals surface area contributed by atoms with Crippen molar-refractivity contribution in [3.63, 3.8) is 0 Å². The highest BCUT2D eigenvalue weighted by atomic mass is 16.5. The summed E-state index contributed by atoms with van der Waals surface area (Å²) in [4.78, 5) is 24.8. The average Bonchev–Trinajstić information content (AvgIpc) is 3.36. The molecule has 0 saturated heterocycles. The summed E-state index contributed by atoms with van der Waals surface area (Å²) >= 11 is 0. The molecule has 2 aromatic carbocycles. The standard InChI is InChI=1S/C24H26O4/c1-16(22-14-17-7-8-19(22)13-17)23(25)15-27-24(26)18-9-11-21(12-10-18)28-20-5-3-2-4-6-20/h2-6,9-12,16-17,19,22H,7-8,13-15H2,1H3. The number of ether oxygens (including phenoxy) is 2. The van der Waals surface area contributed by atoms with Crippen LogP contribution in [0.25, 0.3) is 0 Å². The average molecular weight is 378 g/mol. The number of hydrogen-bond acceptors (Lipinski definition) is 4. The molecule has 0 spiro atoms. The molecule has 0 amide bonds. The van der Waals surface area contributed by atoms with Crippen LogP contribution in [-0.4, -0.2) is 18.4 Å². The van der Waals surface area contributed by atoms with Gasteiger partial charge in [-0.05, 0) is 73.4 Å². The summed E-state index contributed by atoms with van der Waals surface area (Å²) in [6.07, 6.45) is 5.01. The Hall–Kier alpha value is -2.62. The van der Waals surface area contributed by atoms with E-state index in [1.54, 1.807) is 24.3 Å². The van der Waals surface area contributed by atoms with Crippen molar-refractivity contribution in [3.05, 3.63) is 60.2 Å². The van der Waals surface area contributed by atoms with Crippen LogP contribution in [0.5, 0.6) is 11.5 Å². The van der Waals surface area contributed by atoms with Crippen LogP contribution in [-0.2, 0) is 9.53 Å². The minimum absolute atomic E-state index is 0.0234. The number of ketones is 1. The Morgan fingerprint density at radius 1 is 0.964 bits per heavy atom. The third-order valence-corrected chi connectivity index (χ3v) is 6.36. The molecule has 2 aliphatic carbocycles. The van der Waals surface area contributed by atoms with E-state index in [1.165, 1.54) is 19.3 Å². The SMILES string of the molecule is CC(C(=O)COC(=O)c1ccc(Oc2ccccc2)cc1)C1CC2CCC1C2. The van der Waals surface area contributed by atoms with Gasteiger partial charge in [0.2, 0.25) is 0 Å². The van der Waals surface area contributed by atoms with E-state index in [-0.39, 0.29) is 18.3 Å². The fourth-order valence-corrected chi connectivity index (χ4v) is 4.78. The van der Waals surface area contributed by atoms with Crippen molar-refractivity contribution >= 4 is 11.8 Å². The Kier molecular flexibility index (Phi) is 5.47. The monoisotopic (exact) mass is 378 g/mol.